The smallest absolute Gasteiger partial charge is 0.168 e. The Morgan fingerprint density at radius 1 is 0.952 bits per heavy atom. The molecule has 0 saturated carbocycles. The summed E-state index contributed by atoms with van der Waals surface area (Å²) in [4.78, 5) is 12.1. The van der Waals surface area contributed by atoms with Gasteiger partial charge in [-0.2, -0.15) is 0 Å². The quantitative estimate of drug-likeness (QED) is 0.351. The van der Waals surface area contributed by atoms with E-state index in [0.717, 1.165) is 16.6 Å². The van der Waals surface area contributed by atoms with Crippen molar-refractivity contribution in [3.8, 4) is 0 Å². The summed E-state index contributed by atoms with van der Waals surface area (Å²) >= 11 is 0. The van der Waals surface area contributed by atoms with Gasteiger partial charge in [-0.1, -0.05) is 56.5 Å². The SMILES string of the molecule is CCCCCCC[N+](C)(C)CCC(=O)c1ccccc1.[Br-]. The Kier molecular flexibility index (Phi) is 10.6. The molecule has 120 valence electrons. The Morgan fingerprint density at radius 2 is 1.57 bits per heavy atom. The van der Waals surface area contributed by atoms with Crippen molar-refractivity contribution in [1.29, 1.82) is 0 Å². The van der Waals surface area contributed by atoms with Crippen molar-refractivity contribution in [1.82, 2.24) is 0 Å². The van der Waals surface area contributed by atoms with E-state index in [1.165, 1.54) is 38.6 Å². The number of hydrogen-bond acceptors (Lipinski definition) is 1. The van der Waals surface area contributed by atoms with Gasteiger partial charge < -0.3 is 21.5 Å². The fraction of sp³-hybridized carbons (Fsp3) is 0.611. The summed E-state index contributed by atoms with van der Waals surface area (Å²) in [5.41, 5.74) is 0.843. The number of ketones is 1. The molecule has 0 aliphatic carbocycles. The molecule has 0 heterocycles. The number of carbonyl (C=O) groups excluding carboxylic acids is 1. The fourth-order valence-corrected chi connectivity index (χ4v) is 2.43. The summed E-state index contributed by atoms with van der Waals surface area (Å²) < 4.78 is 0.949. The van der Waals surface area contributed by atoms with Gasteiger partial charge in [0.2, 0.25) is 0 Å². The zero-order valence-electron chi connectivity index (χ0n) is 13.8. The van der Waals surface area contributed by atoms with Gasteiger partial charge in [0.1, 0.15) is 0 Å². The van der Waals surface area contributed by atoms with Crippen LogP contribution < -0.4 is 17.0 Å². The second-order valence-corrected chi connectivity index (χ2v) is 6.34. The first-order valence-electron chi connectivity index (χ1n) is 7.95. The maximum atomic E-state index is 12.1. The van der Waals surface area contributed by atoms with Crippen LogP contribution in [0.5, 0.6) is 0 Å². The highest BCUT2D eigenvalue weighted by Crippen LogP contribution is 2.10. The minimum atomic E-state index is 0. The van der Waals surface area contributed by atoms with E-state index in [9.17, 15) is 4.79 Å². The largest absolute Gasteiger partial charge is 1.00 e. The van der Waals surface area contributed by atoms with Crippen LogP contribution >= 0.6 is 0 Å². The topological polar surface area (TPSA) is 17.1 Å². The molecule has 0 aliphatic heterocycles. The Bertz CT molecular complexity index is 389. The Hall–Kier alpha value is -0.670. The molecule has 0 bridgehead atoms. The lowest BCUT2D eigenvalue weighted by atomic mass is 10.1. The molecule has 0 fully saturated rings. The van der Waals surface area contributed by atoms with Gasteiger partial charge in [0.05, 0.1) is 33.6 Å². The fourth-order valence-electron chi connectivity index (χ4n) is 2.43. The normalized spacial score (nSPS) is 11.0. The summed E-state index contributed by atoms with van der Waals surface area (Å²) in [6.45, 7) is 4.35. The molecule has 1 aromatic rings. The average Bonchev–Trinajstić information content (AvgIpc) is 2.45. The number of hydrogen-bond donors (Lipinski definition) is 0. The second kappa shape index (κ2) is 11.0. The van der Waals surface area contributed by atoms with E-state index in [-0.39, 0.29) is 22.8 Å². The zero-order chi connectivity index (χ0) is 14.8. The second-order valence-electron chi connectivity index (χ2n) is 6.34. The summed E-state index contributed by atoms with van der Waals surface area (Å²) in [5, 5.41) is 0. The van der Waals surface area contributed by atoms with Crippen molar-refractivity contribution in [2.45, 2.75) is 45.4 Å². The number of Topliss-reactive ketones (excluding diaryl/α,β-unsaturated/α-hetero) is 1. The molecule has 1 rings (SSSR count). The minimum absolute atomic E-state index is 0. The van der Waals surface area contributed by atoms with Crippen LogP contribution in [0, 0.1) is 0 Å². The molecule has 21 heavy (non-hydrogen) atoms. The van der Waals surface area contributed by atoms with Crippen molar-refractivity contribution in [2.75, 3.05) is 27.2 Å². The Morgan fingerprint density at radius 3 is 2.19 bits per heavy atom. The molecular weight excluding hydrogens is 326 g/mol. The third kappa shape index (κ3) is 9.05. The third-order valence-electron chi connectivity index (χ3n) is 3.91. The van der Waals surface area contributed by atoms with Crippen LogP contribution in [0.2, 0.25) is 0 Å². The highest BCUT2D eigenvalue weighted by Gasteiger charge is 2.17. The molecule has 1 aromatic carbocycles. The molecule has 0 unspecified atom stereocenters. The van der Waals surface area contributed by atoms with E-state index in [0.29, 0.717) is 6.42 Å². The van der Waals surface area contributed by atoms with Gasteiger partial charge >= 0.3 is 0 Å². The molecule has 0 amide bonds. The van der Waals surface area contributed by atoms with E-state index >= 15 is 0 Å². The predicted octanol–water partition coefficient (Wildman–Crippen LogP) is 1.31. The summed E-state index contributed by atoms with van der Waals surface area (Å²) in [5.74, 6) is 0.266. The van der Waals surface area contributed by atoms with Gasteiger partial charge in [-0.3, -0.25) is 4.79 Å². The maximum Gasteiger partial charge on any atom is 0.168 e. The lowest BCUT2D eigenvalue weighted by molar-refractivity contribution is -0.889. The monoisotopic (exact) mass is 355 g/mol. The molecule has 0 aromatic heterocycles. The van der Waals surface area contributed by atoms with E-state index < -0.39 is 0 Å². The van der Waals surface area contributed by atoms with Crippen LogP contribution in [0.3, 0.4) is 0 Å². The number of halogens is 1. The van der Waals surface area contributed by atoms with Crippen LogP contribution in [0.25, 0.3) is 0 Å². The van der Waals surface area contributed by atoms with E-state index in [2.05, 4.69) is 21.0 Å². The first-order valence-corrected chi connectivity index (χ1v) is 7.95. The van der Waals surface area contributed by atoms with Crippen molar-refractivity contribution < 1.29 is 26.3 Å². The summed E-state index contributed by atoms with van der Waals surface area (Å²) in [6.07, 6.45) is 7.23. The maximum absolute atomic E-state index is 12.1. The number of rotatable bonds is 10. The standard InChI is InChI=1S/C18H30NO.BrH/c1-4-5-6-7-11-15-19(2,3)16-14-18(20)17-12-9-8-10-13-17;/h8-10,12-13H,4-7,11,14-16H2,1-3H3;1H/q+1;/p-1. The first kappa shape index (κ1) is 20.3. The van der Waals surface area contributed by atoms with E-state index in [1.807, 2.05) is 30.3 Å². The van der Waals surface area contributed by atoms with Crippen LogP contribution in [0.4, 0.5) is 0 Å². The van der Waals surface area contributed by atoms with Crippen molar-refractivity contribution in [3.63, 3.8) is 0 Å². The van der Waals surface area contributed by atoms with Gasteiger partial charge in [-0.05, 0) is 12.8 Å². The van der Waals surface area contributed by atoms with E-state index in [4.69, 9.17) is 0 Å². The van der Waals surface area contributed by atoms with Crippen LogP contribution in [0.1, 0.15) is 55.8 Å². The molecule has 0 aliphatic rings. The van der Waals surface area contributed by atoms with Gasteiger partial charge in [0, 0.05) is 5.56 Å². The average molecular weight is 356 g/mol. The molecule has 0 saturated heterocycles. The zero-order valence-corrected chi connectivity index (χ0v) is 15.4. The summed E-state index contributed by atoms with van der Waals surface area (Å²) in [6, 6.07) is 9.63. The van der Waals surface area contributed by atoms with Gasteiger partial charge in [-0.25, -0.2) is 0 Å². The lowest BCUT2D eigenvalue weighted by Crippen LogP contribution is -3.00. The Balaban J connectivity index is 0.00000400. The number of benzene rings is 1. The van der Waals surface area contributed by atoms with Crippen LogP contribution in [-0.2, 0) is 0 Å². The third-order valence-corrected chi connectivity index (χ3v) is 3.91. The Labute approximate surface area is 140 Å². The highest BCUT2D eigenvalue weighted by molar-refractivity contribution is 5.96. The van der Waals surface area contributed by atoms with Crippen LogP contribution in [-0.4, -0.2) is 37.5 Å². The molecule has 0 spiro atoms. The molecule has 0 N–H and O–H groups in total. The van der Waals surface area contributed by atoms with Crippen LogP contribution in [0.15, 0.2) is 30.3 Å². The molecule has 0 atom stereocenters. The molecule has 2 nitrogen and oxygen atoms in total. The predicted molar refractivity (Wildman–Crippen MR) is 86.0 cm³/mol. The lowest BCUT2D eigenvalue weighted by Gasteiger charge is -2.29. The number of quaternary nitrogens is 1. The van der Waals surface area contributed by atoms with Gasteiger partial charge in [-0.15, -0.1) is 0 Å². The van der Waals surface area contributed by atoms with Gasteiger partial charge in [0.15, 0.2) is 5.78 Å². The van der Waals surface area contributed by atoms with Crippen molar-refractivity contribution in [3.05, 3.63) is 35.9 Å². The van der Waals surface area contributed by atoms with Gasteiger partial charge in [0.25, 0.3) is 0 Å². The first-order chi connectivity index (χ1) is 9.55. The van der Waals surface area contributed by atoms with Crippen molar-refractivity contribution >= 4 is 5.78 Å². The minimum Gasteiger partial charge on any atom is -1.00 e. The number of nitrogens with zero attached hydrogens (tertiary/aromatic N) is 1. The van der Waals surface area contributed by atoms with Crippen molar-refractivity contribution in [2.24, 2.45) is 0 Å². The molecule has 0 radical (unpaired) electrons. The number of unbranched alkanes of at least 4 members (excludes halogenated alkanes) is 4. The number of carbonyl (C=O) groups is 1. The highest BCUT2D eigenvalue weighted by atomic mass is 79.9. The summed E-state index contributed by atoms with van der Waals surface area (Å²) in [7, 11) is 4.47. The molecular formula is C18H30BrNO. The van der Waals surface area contributed by atoms with E-state index in [1.54, 1.807) is 0 Å². The molecule has 3 heteroatoms.